The van der Waals surface area contributed by atoms with Crippen LogP contribution in [0.15, 0.2) is 48.5 Å². The molecule has 3 N–H and O–H groups in total. The highest BCUT2D eigenvalue weighted by Gasteiger charge is 2.27. The van der Waals surface area contributed by atoms with Crippen molar-refractivity contribution in [3.63, 3.8) is 0 Å². The minimum absolute atomic E-state index is 0.0437. The minimum Gasteiger partial charge on any atom is -0.352 e. The van der Waals surface area contributed by atoms with Gasteiger partial charge in [0, 0.05) is 34.8 Å². The summed E-state index contributed by atoms with van der Waals surface area (Å²) in [6.07, 6.45) is -3.93. The van der Waals surface area contributed by atoms with Crippen LogP contribution in [-0.4, -0.2) is 37.0 Å². The van der Waals surface area contributed by atoms with Gasteiger partial charge in [0.05, 0.1) is 0 Å². The lowest BCUT2D eigenvalue weighted by atomic mass is 10.2. The molecule has 0 bridgehead atoms. The minimum atomic E-state index is -4.49. The van der Waals surface area contributed by atoms with Gasteiger partial charge in [-0.2, -0.15) is 13.2 Å². The van der Waals surface area contributed by atoms with E-state index in [1.54, 1.807) is 29.6 Å². The molecule has 3 amide bonds. The van der Waals surface area contributed by atoms with Gasteiger partial charge >= 0.3 is 6.18 Å². The second-order valence-electron chi connectivity index (χ2n) is 6.29. The monoisotopic (exact) mass is 441 g/mol. The van der Waals surface area contributed by atoms with Crippen molar-refractivity contribution in [2.75, 3.05) is 18.4 Å². The molecule has 2 aromatic carbocycles. The van der Waals surface area contributed by atoms with Crippen molar-refractivity contribution in [1.82, 2.24) is 10.6 Å². The topological polar surface area (TPSA) is 87.3 Å². The van der Waals surface area contributed by atoms with Crippen LogP contribution in [-0.2, 0) is 4.79 Å². The number of nitrogens with one attached hydrogen (secondary N) is 3. The van der Waals surface area contributed by atoms with Gasteiger partial charge in [0.2, 0.25) is 5.91 Å². The van der Waals surface area contributed by atoms with Crippen molar-refractivity contribution in [2.45, 2.75) is 19.0 Å². The van der Waals surface area contributed by atoms with Crippen molar-refractivity contribution in [3.05, 3.63) is 64.7 Å². The van der Waals surface area contributed by atoms with Gasteiger partial charge in [-0.05, 0) is 55.0 Å². The molecule has 30 heavy (non-hydrogen) atoms. The third-order valence-electron chi connectivity index (χ3n) is 3.85. The molecule has 0 saturated heterocycles. The number of carbonyl (C=O) groups excluding carboxylic acids is 3. The normalized spacial score (nSPS) is 10.9. The molecule has 0 spiro atoms. The molecule has 0 aromatic heterocycles. The Bertz CT molecular complexity index is 885. The molecular weight excluding hydrogens is 423 g/mol. The molecule has 2 rings (SSSR count). The van der Waals surface area contributed by atoms with Crippen LogP contribution in [0.3, 0.4) is 0 Å². The number of alkyl halides is 3. The third kappa shape index (κ3) is 8.12. The number of anilines is 1. The van der Waals surface area contributed by atoms with Gasteiger partial charge in [0.1, 0.15) is 6.54 Å². The number of hydrogen-bond acceptors (Lipinski definition) is 3. The highest BCUT2D eigenvalue weighted by molar-refractivity contribution is 6.30. The van der Waals surface area contributed by atoms with Crippen molar-refractivity contribution >= 4 is 35.0 Å². The highest BCUT2D eigenvalue weighted by atomic mass is 35.5. The van der Waals surface area contributed by atoms with Crippen LogP contribution in [0.4, 0.5) is 18.9 Å². The second kappa shape index (κ2) is 10.6. The van der Waals surface area contributed by atoms with Crippen molar-refractivity contribution < 1.29 is 27.6 Å². The van der Waals surface area contributed by atoms with Crippen LogP contribution in [0.2, 0.25) is 5.02 Å². The fourth-order valence-electron chi connectivity index (χ4n) is 2.37. The summed E-state index contributed by atoms with van der Waals surface area (Å²) >= 11 is 5.76. The van der Waals surface area contributed by atoms with E-state index in [-0.39, 0.29) is 23.8 Å². The molecule has 0 saturated carbocycles. The van der Waals surface area contributed by atoms with Gasteiger partial charge in [-0.25, -0.2) is 0 Å². The van der Waals surface area contributed by atoms with E-state index in [0.29, 0.717) is 29.2 Å². The molecule has 0 aliphatic heterocycles. The molecule has 0 fully saturated rings. The van der Waals surface area contributed by atoms with Gasteiger partial charge in [-0.15, -0.1) is 0 Å². The summed E-state index contributed by atoms with van der Waals surface area (Å²) in [7, 11) is 0. The number of amides is 3. The fraction of sp³-hybridized carbons (Fsp3) is 0.250. The zero-order chi connectivity index (χ0) is 22.1. The summed E-state index contributed by atoms with van der Waals surface area (Å²) in [6, 6.07) is 11.9. The maximum Gasteiger partial charge on any atom is 0.405 e. The van der Waals surface area contributed by atoms with Crippen LogP contribution in [0, 0.1) is 0 Å². The first-order valence-corrected chi connectivity index (χ1v) is 9.30. The van der Waals surface area contributed by atoms with Gasteiger partial charge in [-0.3, -0.25) is 14.4 Å². The molecule has 2 aromatic rings. The summed E-state index contributed by atoms with van der Waals surface area (Å²) < 4.78 is 36.4. The molecule has 0 aliphatic carbocycles. The van der Waals surface area contributed by atoms with Gasteiger partial charge < -0.3 is 16.0 Å². The van der Waals surface area contributed by atoms with E-state index >= 15 is 0 Å². The van der Waals surface area contributed by atoms with Crippen LogP contribution < -0.4 is 16.0 Å². The number of hydrogen-bond donors (Lipinski definition) is 3. The number of benzene rings is 2. The van der Waals surface area contributed by atoms with Gasteiger partial charge in [0.25, 0.3) is 11.8 Å². The van der Waals surface area contributed by atoms with Crippen LogP contribution in [0.5, 0.6) is 0 Å². The lowest BCUT2D eigenvalue weighted by molar-refractivity contribution is -0.123. The number of carbonyl (C=O) groups is 3. The Labute approximate surface area is 175 Å². The van der Waals surface area contributed by atoms with Crippen LogP contribution in [0.1, 0.15) is 33.6 Å². The molecule has 6 nitrogen and oxygen atoms in total. The molecule has 10 heteroatoms. The average Bonchev–Trinajstić information content (AvgIpc) is 2.70. The maximum absolute atomic E-state index is 12.1. The Morgan fingerprint density at radius 3 is 1.93 bits per heavy atom. The maximum atomic E-state index is 12.1. The second-order valence-corrected chi connectivity index (χ2v) is 6.73. The smallest absolute Gasteiger partial charge is 0.352 e. The molecular formula is C20H19ClF3N3O3. The predicted octanol–water partition coefficient (Wildman–Crippen LogP) is 3.78. The predicted molar refractivity (Wildman–Crippen MR) is 106 cm³/mol. The van der Waals surface area contributed by atoms with E-state index in [1.165, 1.54) is 24.3 Å². The van der Waals surface area contributed by atoms with Crippen molar-refractivity contribution in [1.29, 1.82) is 0 Å². The molecule has 0 atom stereocenters. The van der Waals surface area contributed by atoms with Crippen molar-refractivity contribution in [3.8, 4) is 0 Å². The van der Waals surface area contributed by atoms with Gasteiger partial charge in [0.15, 0.2) is 0 Å². The van der Waals surface area contributed by atoms with Crippen molar-refractivity contribution in [2.24, 2.45) is 0 Å². The third-order valence-corrected chi connectivity index (χ3v) is 4.10. The Morgan fingerprint density at radius 2 is 1.37 bits per heavy atom. The van der Waals surface area contributed by atoms with E-state index in [4.69, 9.17) is 11.6 Å². The summed E-state index contributed by atoms with van der Waals surface area (Å²) in [4.78, 5) is 35.5. The summed E-state index contributed by atoms with van der Waals surface area (Å²) in [5.74, 6) is -1.43. The standard InChI is InChI=1S/C20H19ClF3N3O3/c21-15-7-3-13(4-8-15)18(29)25-11-1-2-17(28)27-16-9-5-14(6-10-16)19(30)26-12-20(22,23)24/h3-10H,1-2,11-12H2,(H,25,29)(H,26,30)(H,27,28). The van der Waals surface area contributed by atoms with Gasteiger partial charge in [-0.1, -0.05) is 11.6 Å². The Hall–Kier alpha value is -3.07. The zero-order valence-corrected chi connectivity index (χ0v) is 16.4. The molecule has 0 aliphatic rings. The summed E-state index contributed by atoms with van der Waals surface area (Å²) in [6.45, 7) is -1.12. The Balaban J connectivity index is 1.71. The molecule has 0 unspecified atom stereocenters. The van der Waals surface area contributed by atoms with E-state index < -0.39 is 18.6 Å². The number of halogens is 4. The first kappa shape index (κ1) is 23.2. The average molecular weight is 442 g/mol. The first-order valence-electron chi connectivity index (χ1n) is 8.93. The first-order chi connectivity index (χ1) is 14.1. The Morgan fingerprint density at radius 1 is 0.833 bits per heavy atom. The molecule has 160 valence electrons. The molecule has 0 heterocycles. The van der Waals surface area contributed by atoms with Crippen LogP contribution in [0.25, 0.3) is 0 Å². The lowest BCUT2D eigenvalue weighted by Crippen LogP contribution is -2.33. The highest BCUT2D eigenvalue weighted by Crippen LogP contribution is 2.14. The lowest BCUT2D eigenvalue weighted by Gasteiger charge is -2.09. The molecule has 0 radical (unpaired) electrons. The fourth-order valence-corrected chi connectivity index (χ4v) is 2.49. The summed E-state index contributed by atoms with van der Waals surface area (Å²) in [5.41, 5.74) is 0.906. The van der Waals surface area contributed by atoms with E-state index in [1.807, 2.05) is 0 Å². The summed E-state index contributed by atoms with van der Waals surface area (Å²) in [5, 5.41) is 7.60. The largest absolute Gasteiger partial charge is 0.405 e. The number of rotatable bonds is 8. The quantitative estimate of drug-likeness (QED) is 0.545. The van der Waals surface area contributed by atoms with E-state index in [2.05, 4.69) is 10.6 Å². The van der Waals surface area contributed by atoms with E-state index in [0.717, 1.165) is 0 Å². The Kier molecular flexibility index (Phi) is 8.23. The van der Waals surface area contributed by atoms with Crippen LogP contribution >= 0.6 is 11.6 Å². The SMILES string of the molecule is O=C(CCCNC(=O)c1ccc(Cl)cc1)Nc1ccc(C(=O)NCC(F)(F)F)cc1. The zero-order valence-electron chi connectivity index (χ0n) is 15.7. The van der Waals surface area contributed by atoms with E-state index in [9.17, 15) is 27.6 Å².